The Bertz CT molecular complexity index is 524. The summed E-state index contributed by atoms with van der Waals surface area (Å²) in [6, 6.07) is 5.46. The maximum atomic E-state index is 12.3. The van der Waals surface area contributed by atoms with E-state index in [0.717, 1.165) is 39.0 Å². The Morgan fingerprint density at radius 1 is 1.25 bits per heavy atom. The number of hydrogen-bond acceptors (Lipinski definition) is 3. The van der Waals surface area contributed by atoms with Gasteiger partial charge >= 0.3 is 6.36 Å². The third-order valence-electron chi connectivity index (χ3n) is 4.16. The molecule has 1 amide bonds. The standard InChI is InChI=1S/C17H23F3N2O2/c1-2-21-12-14-7-9-22(10-8-14)16(23)11-13-3-5-15(6-4-13)24-17(18,19)20/h3-6,14,21H,2,7-12H2,1H3. The molecule has 0 aromatic heterocycles. The van der Waals surface area contributed by atoms with Crippen LogP contribution in [0.25, 0.3) is 0 Å². The Morgan fingerprint density at radius 2 is 1.88 bits per heavy atom. The number of hydrogen-bond donors (Lipinski definition) is 1. The highest BCUT2D eigenvalue weighted by Crippen LogP contribution is 2.23. The van der Waals surface area contributed by atoms with Crippen molar-refractivity contribution in [3.05, 3.63) is 29.8 Å². The molecule has 1 fully saturated rings. The molecule has 0 bridgehead atoms. The first-order valence-corrected chi connectivity index (χ1v) is 8.20. The number of carbonyl (C=O) groups excluding carboxylic acids is 1. The van der Waals surface area contributed by atoms with Crippen LogP contribution in [-0.4, -0.2) is 43.3 Å². The summed E-state index contributed by atoms with van der Waals surface area (Å²) >= 11 is 0. The molecule has 4 nitrogen and oxygen atoms in total. The molecule has 1 N–H and O–H groups in total. The van der Waals surface area contributed by atoms with Gasteiger partial charge in [0.25, 0.3) is 0 Å². The van der Waals surface area contributed by atoms with Gasteiger partial charge < -0.3 is 15.0 Å². The molecule has 2 rings (SSSR count). The number of alkyl halides is 3. The zero-order valence-corrected chi connectivity index (χ0v) is 13.7. The molecule has 1 aliphatic rings. The second-order valence-electron chi connectivity index (χ2n) is 6.00. The van der Waals surface area contributed by atoms with Crippen molar-refractivity contribution in [3.8, 4) is 5.75 Å². The van der Waals surface area contributed by atoms with Gasteiger partial charge in [0.2, 0.25) is 5.91 Å². The minimum atomic E-state index is -4.70. The first-order chi connectivity index (χ1) is 11.4. The lowest BCUT2D eigenvalue weighted by Crippen LogP contribution is -2.41. The molecule has 0 unspecified atom stereocenters. The van der Waals surface area contributed by atoms with Crippen LogP contribution < -0.4 is 10.1 Å². The molecule has 1 aromatic rings. The smallest absolute Gasteiger partial charge is 0.406 e. The summed E-state index contributed by atoms with van der Waals surface area (Å²) in [6.45, 7) is 5.49. The molecule has 0 saturated carbocycles. The summed E-state index contributed by atoms with van der Waals surface area (Å²) in [6.07, 6.45) is -2.54. The lowest BCUT2D eigenvalue weighted by atomic mass is 9.96. The second-order valence-corrected chi connectivity index (χ2v) is 6.00. The summed E-state index contributed by atoms with van der Waals surface area (Å²) in [7, 11) is 0. The van der Waals surface area contributed by atoms with Crippen molar-refractivity contribution < 1.29 is 22.7 Å². The van der Waals surface area contributed by atoms with Crippen molar-refractivity contribution in [1.82, 2.24) is 10.2 Å². The number of likely N-dealkylation sites (tertiary alicyclic amines) is 1. The fraction of sp³-hybridized carbons (Fsp3) is 0.588. The van der Waals surface area contributed by atoms with Crippen LogP contribution in [-0.2, 0) is 11.2 Å². The van der Waals surface area contributed by atoms with Crippen LogP contribution in [0.3, 0.4) is 0 Å². The van der Waals surface area contributed by atoms with E-state index in [2.05, 4.69) is 17.0 Å². The number of nitrogens with zero attached hydrogens (tertiary/aromatic N) is 1. The van der Waals surface area contributed by atoms with E-state index in [4.69, 9.17) is 0 Å². The molecular formula is C17H23F3N2O2. The Kier molecular flexibility index (Phi) is 6.48. The van der Waals surface area contributed by atoms with Gasteiger partial charge in [-0.1, -0.05) is 19.1 Å². The Morgan fingerprint density at radius 3 is 2.42 bits per heavy atom. The average Bonchev–Trinajstić information content (AvgIpc) is 2.54. The molecule has 1 heterocycles. The molecule has 0 atom stereocenters. The van der Waals surface area contributed by atoms with E-state index in [1.165, 1.54) is 24.3 Å². The van der Waals surface area contributed by atoms with Gasteiger partial charge in [0, 0.05) is 13.1 Å². The van der Waals surface area contributed by atoms with E-state index in [9.17, 15) is 18.0 Å². The number of piperidine rings is 1. The SMILES string of the molecule is CCNCC1CCN(C(=O)Cc2ccc(OC(F)(F)F)cc2)CC1. The summed E-state index contributed by atoms with van der Waals surface area (Å²) in [5.74, 6) is 0.345. The van der Waals surface area contributed by atoms with Gasteiger partial charge in [-0.3, -0.25) is 4.79 Å². The molecule has 24 heavy (non-hydrogen) atoms. The van der Waals surface area contributed by atoms with Crippen molar-refractivity contribution in [2.24, 2.45) is 5.92 Å². The summed E-state index contributed by atoms with van der Waals surface area (Å²) in [5, 5.41) is 3.33. The second kappa shape index (κ2) is 8.37. The normalized spacial score (nSPS) is 16.2. The van der Waals surface area contributed by atoms with Crippen molar-refractivity contribution in [1.29, 1.82) is 0 Å². The van der Waals surface area contributed by atoms with E-state index in [0.29, 0.717) is 11.5 Å². The lowest BCUT2D eigenvalue weighted by molar-refractivity contribution is -0.274. The van der Waals surface area contributed by atoms with E-state index in [1.54, 1.807) is 0 Å². The summed E-state index contributed by atoms with van der Waals surface area (Å²) in [4.78, 5) is 14.1. The largest absolute Gasteiger partial charge is 0.573 e. The highest BCUT2D eigenvalue weighted by molar-refractivity contribution is 5.78. The monoisotopic (exact) mass is 344 g/mol. The van der Waals surface area contributed by atoms with Crippen molar-refractivity contribution in [2.45, 2.75) is 32.5 Å². The van der Waals surface area contributed by atoms with Gasteiger partial charge in [0.15, 0.2) is 0 Å². The molecule has 1 saturated heterocycles. The molecule has 0 spiro atoms. The number of benzene rings is 1. The average molecular weight is 344 g/mol. The van der Waals surface area contributed by atoms with Gasteiger partial charge in [-0.15, -0.1) is 13.2 Å². The number of carbonyl (C=O) groups is 1. The minimum absolute atomic E-state index is 0.0152. The van der Waals surface area contributed by atoms with Gasteiger partial charge in [-0.05, 0) is 49.5 Å². The van der Waals surface area contributed by atoms with Crippen LogP contribution in [0, 0.1) is 5.92 Å². The number of nitrogens with one attached hydrogen (secondary N) is 1. The highest BCUT2D eigenvalue weighted by Gasteiger charge is 2.31. The van der Waals surface area contributed by atoms with Gasteiger partial charge in [0.05, 0.1) is 6.42 Å². The van der Waals surface area contributed by atoms with Crippen molar-refractivity contribution in [3.63, 3.8) is 0 Å². The van der Waals surface area contributed by atoms with Crippen LogP contribution in [0.1, 0.15) is 25.3 Å². The molecule has 7 heteroatoms. The molecule has 0 aliphatic carbocycles. The maximum absolute atomic E-state index is 12.3. The summed E-state index contributed by atoms with van der Waals surface area (Å²) in [5.41, 5.74) is 0.685. The lowest BCUT2D eigenvalue weighted by Gasteiger charge is -2.32. The minimum Gasteiger partial charge on any atom is -0.406 e. The quantitative estimate of drug-likeness (QED) is 0.863. The molecule has 0 radical (unpaired) electrons. The van der Waals surface area contributed by atoms with Crippen LogP contribution >= 0.6 is 0 Å². The van der Waals surface area contributed by atoms with Crippen molar-refractivity contribution in [2.75, 3.05) is 26.2 Å². The zero-order valence-electron chi connectivity index (χ0n) is 13.7. The number of ether oxygens (including phenoxy) is 1. The van der Waals surface area contributed by atoms with Crippen LogP contribution in [0.2, 0.25) is 0 Å². The van der Waals surface area contributed by atoms with Crippen LogP contribution in [0.4, 0.5) is 13.2 Å². The third-order valence-corrected chi connectivity index (χ3v) is 4.16. The first-order valence-electron chi connectivity index (χ1n) is 8.20. The Balaban J connectivity index is 1.80. The third kappa shape index (κ3) is 6.03. The zero-order chi connectivity index (χ0) is 17.6. The van der Waals surface area contributed by atoms with E-state index in [1.807, 2.05) is 4.90 Å². The topological polar surface area (TPSA) is 41.6 Å². The fourth-order valence-electron chi connectivity index (χ4n) is 2.83. The first kappa shape index (κ1) is 18.6. The van der Waals surface area contributed by atoms with E-state index in [-0.39, 0.29) is 18.1 Å². The predicted molar refractivity (Wildman–Crippen MR) is 84.7 cm³/mol. The molecular weight excluding hydrogens is 321 g/mol. The molecule has 1 aromatic carbocycles. The van der Waals surface area contributed by atoms with Gasteiger partial charge in [0.1, 0.15) is 5.75 Å². The molecule has 1 aliphatic heterocycles. The van der Waals surface area contributed by atoms with E-state index >= 15 is 0 Å². The highest BCUT2D eigenvalue weighted by atomic mass is 19.4. The Labute approximate surface area is 140 Å². The van der Waals surface area contributed by atoms with Crippen LogP contribution in [0.5, 0.6) is 5.75 Å². The number of amides is 1. The number of rotatable bonds is 6. The molecule has 134 valence electrons. The maximum Gasteiger partial charge on any atom is 0.573 e. The van der Waals surface area contributed by atoms with E-state index < -0.39 is 6.36 Å². The fourth-order valence-corrected chi connectivity index (χ4v) is 2.83. The Hall–Kier alpha value is -1.76. The number of halogens is 3. The van der Waals surface area contributed by atoms with Gasteiger partial charge in [-0.25, -0.2) is 0 Å². The van der Waals surface area contributed by atoms with Gasteiger partial charge in [-0.2, -0.15) is 0 Å². The van der Waals surface area contributed by atoms with Crippen molar-refractivity contribution >= 4 is 5.91 Å². The summed E-state index contributed by atoms with van der Waals surface area (Å²) < 4.78 is 40.2. The predicted octanol–water partition coefficient (Wildman–Crippen LogP) is 2.98. The van der Waals surface area contributed by atoms with Crippen LogP contribution in [0.15, 0.2) is 24.3 Å².